The minimum atomic E-state index is -0.504. The number of amides is 2. The van der Waals surface area contributed by atoms with Gasteiger partial charge in [-0.25, -0.2) is 5.43 Å². The van der Waals surface area contributed by atoms with E-state index in [2.05, 4.69) is 15.8 Å². The van der Waals surface area contributed by atoms with Gasteiger partial charge in [0.1, 0.15) is 0 Å². The van der Waals surface area contributed by atoms with Crippen molar-refractivity contribution in [3.05, 3.63) is 47.5 Å². The Balaban J connectivity index is 1.87. The number of hydrogen-bond acceptors (Lipinski definition) is 7. The van der Waals surface area contributed by atoms with E-state index in [0.29, 0.717) is 22.6 Å². The lowest BCUT2D eigenvalue weighted by Gasteiger charge is -2.09. The van der Waals surface area contributed by atoms with Crippen molar-refractivity contribution in [2.75, 3.05) is 27.9 Å². The van der Waals surface area contributed by atoms with E-state index in [1.165, 1.54) is 39.7 Å². The van der Waals surface area contributed by atoms with Crippen LogP contribution >= 0.6 is 0 Å². The van der Waals surface area contributed by atoms with Gasteiger partial charge in [-0.05, 0) is 42.0 Å². The molecule has 0 saturated heterocycles. The third-order valence-electron chi connectivity index (χ3n) is 3.66. The molecule has 0 atom stereocenters. The summed E-state index contributed by atoms with van der Waals surface area (Å²) in [5, 5.41) is 15.8. The molecule has 9 nitrogen and oxygen atoms in total. The largest absolute Gasteiger partial charge is 0.504 e. The Hall–Kier alpha value is -3.75. The summed E-state index contributed by atoms with van der Waals surface area (Å²) in [5.74, 6) is 0.253. The van der Waals surface area contributed by atoms with E-state index >= 15 is 0 Å². The molecule has 0 spiro atoms. The van der Waals surface area contributed by atoms with Gasteiger partial charge in [0, 0.05) is 5.56 Å². The summed E-state index contributed by atoms with van der Waals surface area (Å²) in [6, 6.07) is 9.29. The summed E-state index contributed by atoms with van der Waals surface area (Å²) in [6.07, 6.45) is 1.38. The summed E-state index contributed by atoms with van der Waals surface area (Å²) >= 11 is 0. The minimum Gasteiger partial charge on any atom is -0.504 e. The summed E-state index contributed by atoms with van der Waals surface area (Å²) < 4.78 is 15.2. The lowest BCUT2D eigenvalue weighted by Crippen LogP contribution is -2.34. The first-order valence-corrected chi connectivity index (χ1v) is 8.17. The smallest absolute Gasteiger partial charge is 0.259 e. The predicted molar refractivity (Wildman–Crippen MR) is 102 cm³/mol. The number of phenolic OH excluding ortho intramolecular Hbond substituents is 1. The van der Waals surface area contributed by atoms with Crippen LogP contribution in [0.5, 0.6) is 23.0 Å². The number of carbonyl (C=O) groups excluding carboxylic acids is 2. The Morgan fingerprint density at radius 1 is 1.00 bits per heavy atom. The Morgan fingerprint density at radius 3 is 2.39 bits per heavy atom. The predicted octanol–water partition coefficient (Wildman–Crippen LogP) is 1.30. The van der Waals surface area contributed by atoms with Crippen LogP contribution in [-0.2, 0) is 4.79 Å². The lowest BCUT2D eigenvalue weighted by molar-refractivity contribution is -0.120. The molecule has 3 N–H and O–H groups in total. The van der Waals surface area contributed by atoms with Crippen molar-refractivity contribution in [2.45, 2.75) is 0 Å². The molecule has 0 bridgehead atoms. The zero-order chi connectivity index (χ0) is 20.5. The number of nitrogens with one attached hydrogen (secondary N) is 2. The molecule has 2 amide bonds. The molecule has 9 heteroatoms. The second kappa shape index (κ2) is 9.81. The first-order valence-electron chi connectivity index (χ1n) is 8.17. The minimum absolute atomic E-state index is 0.00144. The third-order valence-corrected chi connectivity index (χ3v) is 3.66. The highest BCUT2D eigenvalue weighted by Gasteiger charge is 2.11. The van der Waals surface area contributed by atoms with Gasteiger partial charge < -0.3 is 24.6 Å². The molecule has 2 aromatic rings. The fourth-order valence-electron chi connectivity index (χ4n) is 2.23. The van der Waals surface area contributed by atoms with Crippen molar-refractivity contribution in [1.82, 2.24) is 10.7 Å². The van der Waals surface area contributed by atoms with Gasteiger partial charge in [-0.1, -0.05) is 0 Å². The van der Waals surface area contributed by atoms with Gasteiger partial charge in [-0.2, -0.15) is 5.10 Å². The molecule has 0 aliphatic rings. The second-order valence-electron chi connectivity index (χ2n) is 5.48. The topological polar surface area (TPSA) is 118 Å². The Labute approximate surface area is 161 Å². The maximum atomic E-state index is 12.2. The number of hydrogen-bond donors (Lipinski definition) is 3. The molecule has 2 aromatic carbocycles. The molecular formula is C19H21N3O6. The highest BCUT2D eigenvalue weighted by Crippen LogP contribution is 2.27. The molecule has 148 valence electrons. The second-order valence-corrected chi connectivity index (χ2v) is 5.48. The van der Waals surface area contributed by atoms with Crippen LogP contribution in [0.15, 0.2) is 41.5 Å². The van der Waals surface area contributed by atoms with E-state index in [-0.39, 0.29) is 18.0 Å². The molecule has 0 aliphatic carbocycles. The summed E-state index contributed by atoms with van der Waals surface area (Å²) in [7, 11) is 4.39. The zero-order valence-electron chi connectivity index (χ0n) is 15.7. The Kier molecular flexibility index (Phi) is 7.21. The van der Waals surface area contributed by atoms with E-state index in [9.17, 15) is 14.7 Å². The lowest BCUT2D eigenvalue weighted by atomic mass is 10.2. The van der Waals surface area contributed by atoms with Crippen molar-refractivity contribution in [2.24, 2.45) is 5.10 Å². The van der Waals surface area contributed by atoms with Crippen molar-refractivity contribution in [3.8, 4) is 23.0 Å². The van der Waals surface area contributed by atoms with Gasteiger partial charge >= 0.3 is 0 Å². The Bertz CT molecular complexity index is 882. The van der Waals surface area contributed by atoms with Crippen LogP contribution < -0.4 is 25.0 Å². The molecule has 0 saturated carbocycles. The molecule has 0 radical (unpaired) electrons. The van der Waals surface area contributed by atoms with E-state index < -0.39 is 11.8 Å². The number of hydrazone groups is 1. The van der Waals surface area contributed by atoms with Gasteiger partial charge in [0.15, 0.2) is 23.0 Å². The highest BCUT2D eigenvalue weighted by molar-refractivity contribution is 5.97. The number of carbonyl (C=O) groups is 2. The van der Waals surface area contributed by atoms with E-state index in [0.717, 1.165) is 0 Å². The molecule has 0 aliphatic heterocycles. The van der Waals surface area contributed by atoms with Gasteiger partial charge in [0.2, 0.25) is 0 Å². The molecular weight excluding hydrogens is 366 g/mol. The maximum Gasteiger partial charge on any atom is 0.259 e. The number of aromatic hydroxyl groups is 1. The van der Waals surface area contributed by atoms with Crippen LogP contribution in [0.25, 0.3) is 0 Å². The number of nitrogens with zero attached hydrogens (tertiary/aromatic N) is 1. The van der Waals surface area contributed by atoms with E-state index in [1.54, 1.807) is 24.3 Å². The fourth-order valence-corrected chi connectivity index (χ4v) is 2.23. The molecule has 0 heterocycles. The van der Waals surface area contributed by atoms with Crippen molar-refractivity contribution in [3.63, 3.8) is 0 Å². The quantitative estimate of drug-likeness (QED) is 0.464. The van der Waals surface area contributed by atoms with E-state index in [4.69, 9.17) is 14.2 Å². The van der Waals surface area contributed by atoms with Gasteiger partial charge in [-0.15, -0.1) is 0 Å². The van der Waals surface area contributed by atoms with Crippen molar-refractivity contribution in [1.29, 1.82) is 0 Å². The van der Waals surface area contributed by atoms with Gasteiger partial charge in [0.05, 0.1) is 34.1 Å². The number of methoxy groups -OCH3 is 3. The SMILES string of the molecule is COc1cc(C=NNC(=O)CNC(=O)c2ccc(OC)c(OC)c2)ccc1O. The normalized spacial score (nSPS) is 10.4. The highest BCUT2D eigenvalue weighted by atomic mass is 16.5. The van der Waals surface area contributed by atoms with Crippen LogP contribution in [0, 0.1) is 0 Å². The zero-order valence-corrected chi connectivity index (χ0v) is 15.7. The monoisotopic (exact) mass is 387 g/mol. The van der Waals surface area contributed by atoms with Crippen LogP contribution in [0.2, 0.25) is 0 Å². The van der Waals surface area contributed by atoms with Gasteiger partial charge in [0.25, 0.3) is 11.8 Å². The molecule has 0 fully saturated rings. The summed E-state index contributed by atoms with van der Waals surface area (Å²) in [4.78, 5) is 24.0. The average Bonchev–Trinajstić information content (AvgIpc) is 2.72. The van der Waals surface area contributed by atoms with Crippen molar-refractivity contribution < 1.29 is 28.9 Å². The summed E-state index contributed by atoms with van der Waals surface area (Å²) in [6.45, 7) is -0.260. The fraction of sp³-hybridized carbons (Fsp3) is 0.211. The number of benzene rings is 2. The first kappa shape index (κ1) is 20.6. The average molecular weight is 387 g/mol. The summed E-state index contributed by atoms with van der Waals surface area (Å²) in [5.41, 5.74) is 3.24. The molecule has 0 unspecified atom stereocenters. The van der Waals surface area contributed by atoms with Crippen LogP contribution in [0.4, 0.5) is 0 Å². The molecule has 0 aromatic heterocycles. The third kappa shape index (κ3) is 5.37. The number of ether oxygens (including phenoxy) is 3. The van der Waals surface area contributed by atoms with Crippen molar-refractivity contribution >= 4 is 18.0 Å². The Morgan fingerprint density at radius 2 is 1.71 bits per heavy atom. The van der Waals surface area contributed by atoms with E-state index in [1.807, 2.05) is 0 Å². The van der Waals surface area contributed by atoms with Crippen LogP contribution in [-0.4, -0.2) is 51.0 Å². The molecule has 2 rings (SSSR count). The number of phenols is 1. The maximum absolute atomic E-state index is 12.2. The van der Waals surface area contributed by atoms with Gasteiger partial charge in [-0.3, -0.25) is 9.59 Å². The van der Waals surface area contributed by atoms with Crippen LogP contribution in [0.1, 0.15) is 15.9 Å². The first-order chi connectivity index (χ1) is 13.5. The molecule has 28 heavy (non-hydrogen) atoms. The standard InChI is InChI=1S/C19H21N3O6/c1-26-15-7-5-13(9-17(15)28-3)19(25)20-11-18(24)22-21-10-12-4-6-14(23)16(8-12)27-2/h4-10,23H,11H2,1-3H3,(H,20,25)(H,22,24). The number of rotatable bonds is 8. The van der Waals surface area contributed by atoms with Crippen LogP contribution in [0.3, 0.4) is 0 Å².